The number of nitrogens with two attached hydrogens (primary N) is 1. The normalized spacial score (nSPS) is 13.6. The van der Waals surface area contributed by atoms with Crippen LogP contribution in [0.3, 0.4) is 0 Å². The van der Waals surface area contributed by atoms with Gasteiger partial charge in [0.1, 0.15) is 0 Å². The standard InChI is InChI=1S/C14H20N2/c1-10(2)13(15)8-11-9-16(3)14-7-5-4-6-12(11)14/h4-7,9-10,13H,8,15H2,1-3H3. The highest BCUT2D eigenvalue weighted by molar-refractivity contribution is 5.83. The number of fused-ring (bicyclic) bond motifs is 1. The van der Waals surface area contributed by atoms with Crippen LogP contribution in [0.25, 0.3) is 10.9 Å². The lowest BCUT2D eigenvalue weighted by Gasteiger charge is -2.14. The molecule has 86 valence electrons. The van der Waals surface area contributed by atoms with Crippen molar-refractivity contribution in [3.63, 3.8) is 0 Å². The van der Waals surface area contributed by atoms with Gasteiger partial charge in [0.2, 0.25) is 0 Å². The van der Waals surface area contributed by atoms with Crippen LogP contribution in [0.1, 0.15) is 19.4 Å². The summed E-state index contributed by atoms with van der Waals surface area (Å²) in [5.41, 5.74) is 8.79. The summed E-state index contributed by atoms with van der Waals surface area (Å²) >= 11 is 0. The molecule has 0 saturated heterocycles. The van der Waals surface area contributed by atoms with Crippen molar-refractivity contribution in [2.75, 3.05) is 0 Å². The SMILES string of the molecule is CC(C)C(N)Cc1cn(C)c2ccccc12. The molecule has 1 unspecified atom stereocenters. The molecular formula is C14H20N2. The smallest absolute Gasteiger partial charge is 0.0480 e. The third-order valence-electron chi connectivity index (χ3n) is 3.29. The van der Waals surface area contributed by atoms with Crippen molar-refractivity contribution < 1.29 is 0 Å². The van der Waals surface area contributed by atoms with Crippen LogP contribution in [0, 0.1) is 5.92 Å². The topological polar surface area (TPSA) is 30.9 Å². The minimum Gasteiger partial charge on any atom is -0.350 e. The molecule has 0 aliphatic heterocycles. The fourth-order valence-electron chi connectivity index (χ4n) is 2.08. The van der Waals surface area contributed by atoms with Gasteiger partial charge in [-0.2, -0.15) is 0 Å². The summed E-state index contributed by atoms with van der Waals surface area (Å²) in [6.07, 6.45) is 3.16. The van der Waals surface area contributed by atoms with E-state index < -0.39 is 0 Å². The Kier molecular flexibility index (Phi) is 3.01. The first kappa shape index (κ1) is 11.2. The maximum Gasteiger partial charge on any atom is 0.0480 e. The van der Waals surface area contributed by atoms with E-state index in [2.05, 4.69) is 55.9 Å². The van der Waals surface area contributed by atoms with E-state index in [0.29, 0.717) is 5.92 Å². The Morgan fingerprint density at radius 1 is 1.25 bits per heavy atom. The first-order valence-corrected chi connectivity index (χ1v) is 5.88. The Hall–Kier alpha value is -1.28. The molecule has 2 rings (SSSR count). The van der Waals surface area contributed by atoms with E-state index in [1.165, 1.54) is 16.5 Å². The maximum atomic E-state index is 6.14. The van der Waals surface area contributed by atoms with Crippen LogP contribution in [0.4, 0.5) is 0 Å². The van der Waals surface area contributed by atoms with E-state index in [9.17, 15) is 0 Å². The molecule has 0 aliphatic carbocycles. The molecule has 1 aromatic heterocycles. The Morgan fingerprint density at radius 2 is 1.94 bits per heavy atom. The van der Waals surface area contributed by atoms with Crippen molar-refractivity contribution in [1.29, 1.82) is 0 Å². The molecule has 1 atom stereocenters. The van der Waals surface area contributed by atoms with Gasteiger partial charge in [0.05, 0.1) is 0 Å². The summed E-state index contributed by atoms with van der Waals surface area (Å²) in [7, 11) is 2.09. The number of rotatable bonds is 3. The largest absolute Gasteiger partial charge is 0.350 e. The summed E-state index contributed by atoms with van der Waals surface area (Å²) in [6.45, 7) is 4.35. The highest BCUT2D eigenvalue weighted by Crippen LogP contribution is 2.22. The zero-order chi connectivity index (χ0) is 11.7. The first-order chi connectivity index (χ1) is 7.59. The van der Waals surface area contributed by atoms with Crippen molar-refractivity contribution in [3.05, 3.63) is 36.0 Å². The second-order valence-electron chi connectivity index (χ2n) is 4.89. The molecule has 0 fully saturated rings. The van der Waals surface area contributed by atoms with Crippen LogP contribution in [-0.2, 0) is 13.5 Å². The van der Waals surface area contributed by atoms with E-state index in [0.717, 1.165) is 6.42 Å². The number of para-hydroxylation sites is 1. The van der Waals surface area contributed by atoms with E-state index in [1.807, 2.05) is 0 Å². The third-order valence-corrected chi connectivity index (χ3v) is 3.29. The van der Waals surface area contributed by atoms with Crippen LogP contribution < -0.4 is 5.73 Å². The maximum absolute atomic E-state index is 6.14. The molecule has 0 spiro atoms. The summed E-state index contributed by atoms with van der Waals surface area (Å²) in [5, 5.41) is 1.33. The van der Waals surface area contributed by atoms with Crippen molar-refractivity contribution in [3.8, 4) is 0 Å². The van der Waals surface area contributed by atoms with Gasteiger partial charge in [-0.25, -0.2) is 0 Å². The highest BCUT2D eigenvalue weighted by Gasteiger charge is 2.12. The molecule has 2 aromatic rings. The van der Waals surface area contributed by atoms with Crippen LogP contribution in [0.15, 0.2) is 30.5 Å². The van der Waals surface area contributed by atoms with Gasteiger partial charge in [-0.15, -0.1) is 0 Å². The monoisotopic (exact) mass is 216 g/mol. The molecule has 0 saturated carbocycles. The van der Waals surface area contributed by atoms with Gasteiger partial charge in [0.25, 0.3) is 0 Å². The number of hydrogen-bond donors (Lipinski definition) is 1. The molecular weight excluding hydrogens is 196 g/mol. The summed E-state index contributed by atoms with van der Waals surface area (Å²) in [6, 6.07) is 8.74. The Labute approximate surface area is 97.1 Å². The van der Waals surface area contributed by atoms with Gasteiger partial charge in [-0.1, -0.05) is 32.0 Å². The van der Waals surface area contributed by atoms with Gasteiger partial charge in [0, 0.05) is 30.2 Å². The molecule has 1 heterocycles. The van der Waals surface area contributed by atoms with Crippen LogP contribution >= 0.6 is 0 Å². The van der Waals surface area contributed by atoms with Crippen molar-refractivity contribution >= 4 is 10.9 Å². The van der Waals surface area contributed by atoms with Gasteiger partial charge in [-0.3, -0.25) is 0 Å². The average Bonchev–Trinajstić information content (AvgIpc) is 2.57. The first-order valence-electron chi connectivity index (χ1n) is 5.88. The number of aryl methyl sites for hydroxylation is 1. The van der Waals surface area contributed by atoms with Gasteiger partial charge >= 0.3 is 0 Å². The number of benzene rings is 1. The zero-order valence-electron chi connectivity index (χ0n) is 10.3. The summed E-state index contributed by atoms with van der Waals surface area (Å²) in [4.78, 5) is 0. The Balaban J connectivity index is 2.38. The van der Waals surface area contributed by atoms with Crippen LogP contribution in [0.5, 0.6) is 0 Å². The number of hydrogen-bond acceptors (Lipinski definition) is 1. The van der Waals surface area contributed by atoms with E-state index >= 15 is 0 Å². The Morgan fingerprint density at radius 3 is 2.62 bits per heavy atom. The van der Waals surface area contributed by atoms with E-state index in [4.69, 9.17) is 5.73 Å². The lowest BCUT2D eigenvalue weighted by Crippen LogP contribution is -2.28. The molecule has 0 bridgehead atoms. The second-order valence-corrected chi connectivity index (χ2v) is 4.89. The number of aromatic nitrogens is 1. The zero-order valence-corrected chi connectivity index (χ0v) is 10.3. The molecule has 16 heavy (non-hydrogen) atoms. The Bertz CT molecular complexity index is 482. The average molecular weight is 216 g/mol. The second kappa shape index (κ2) is 4.30. The molecule has 2 N–H and O–H groups in total. The van der Waals surface area contributed by atoms with E-state index in [1.54, 1.807) is 0 Å². The molecule has 2 nitrogen and oxygen atoms in total. The van der Waals surface area contributed by atoms with Crippen LogP contribution in [0.2, 0.25) is 0 Å². The van der Waals surface area contributed by atoms with Gasteiger partial charge in [0.15, 0.2) is 0 Å². The predicted octanol–water partition coefficient (Wildman–Crippen LogP) is 2.70. The van der Waals surface area contributed by atoms with Crippen LogP contribution in [-0.4, -0.2) is 10.6 Å². The third kappa shape index (κ3) is 1.98. The molecule has 0 aliphatic rings. The molecule has 0 amide bonds. The minimum atomic E-state index is 0.241. The fourth-order valence-corrected chi connectivity index (χ4v) is 2.08. The highest BCUT2D eigenvalue weighted by atomic mass is 14.9. The van der Waals surface area contributed by atoms with Crippen molar-refractivity contribution in [1.82, 2.24) is 4.57 Å². The van der Waals surface area contributed by atoms with Crippen molar-refractivity contribution in [2.24, 2.45) is 18.7 Å². The minimum absolute atomic E-state index is 0.241. The fraction of sp³-hybridized carbons (Fsp3) is 0.429. The summed E-state index contributed by atoms with van der Waals surface area (Å²) in [5.74, 6) is 0.527. The van der Waals surface area contributed by atoms with E-state index in [-0.39, 0.29) is 6.04 Å². The number of nitrogens with zero attached hydrogens (tertiary/aromatic N) is 1. The molecule has 1 aromatic carbocycles. The van der Waals surface area contributed by atoms with Crippen molar-refractivity contribution in [2.45, 2.75) is 26.3 Å². The molecule has 2 heteroatoms. The molecule has 0 radical (unpaired) electrons. The van der Waals surface area contributed by atoms with Gasteiger partial charge < -0.3 is 10.3 Å². The lowest BCUT2D eigenvalue weighted by molar-refractivity contribution is 0.491. The lowest BCUT2D eigenvalue weighted by atomic mass is 9.97. The predicted molar refractivity (Wildman–Crippen MR) is 69.4 cm³/mol. The quantitative estimate of drug-likeness (QED) is 0.840. The summed E-state index contributed by atoms with van der Waals surface area (Å²) < 4.78 is 2.18. The van der Waals surface area contributed by atoms with Gasteiger partial charge in [-0.05, 0) is 24.0 Å².